The molecule has 0 atom stereocenters. The quantitative estimate of drug-likeness (QED) is 0.657. The van der Waals surface area contributed by atoms with Crippen LogP contribution in [0.15, 0.2) is 0 Å². The smallest absolute Gasteiger partial charge is 0.237 e. The van der Waals surface area contributed by atoms with Gasteiger partial charge in [0.25, 0.3) is 0 Å². The van der Waals surface area contributed by atoms with Gasteiger partial charge < -0.3 is 10.2 Å². The van der Waals surface area contributed by atoms with Gasteiger partial charge in [-0.15, -0.1) is 0 Å². The van der Waals surface area contributed by atoms with Crippen molar-refractivity contribution in [2.45, 2.75) is 78.8 Å². The summed E-state index contributed by atoms with van der Waals surface area (Å²) in [7, 11) is 0. The van der Waals surface area contributed by atoms with Crippen molar-refractivity contribution in [3.05, 3.63) is 0 Å². The van der Waals surface area contributed by atoms with Crippen molar-refractivity contribution in [3.8, 4) is 0 Å². The van der Waals surface area contributed by atoms with E-state index in [-0.39, 0.29) is 29.8 Å². The number of nitrogens with zero attached hydrogens (tertiary/aromatic N) is 2. The second-order valence-corrected chi connectivity index (χ2v) is 7.54. The Hall–Kier alpha value is -1.10. The molecule has 0 aliphatic carbocycles. The summed E-state index contributed by atoms with van der Waals surface area (Å²) in [6.45, 7) is 13.4. The van der Waals surface area contributed by atoms with E-state index >= 15 is 0 Å². The number of hydrogen-bond donors (Lipinski definition) is 1. The van der Waals surface area contributed by atoms with Crippen molar-refractivity contribution >= 4 is 11.8 Å². The lowest BCUT2D eigenvalue weighted by molar-refractivity contribution is -0.136. The molecule has 5 nitrogen and oxygen atoms in total. The highest BCUT2D eigenvalue weighted by Gasteiger charge is 2.28. The zero-order valence-corrected chi connectivity index (χ0v) is 16.3. The Morgan fingerprint density at radius 2 is 1.67 bits per heavy atom. The molecule has 0 aromatic heterocycles. The summed E-state index contributed by atoms with van der Waals surface area (Å²) in [4.78, 5) is 28.8. The minimum Gasteiger partial charge on any atom is -0.356 e. The molecule has 0 aromatic rings. The fourth-order valence-electron chi connectivity index (χ4n) is 3.53. The molecule has 1 fully saturated rings. The Morgan fingerprint density at radius 3 is 2.17 bits per heavy atom. The molecule has 0 unspecified atom stereocenters. The second-order valence-electron chi connectivity index (χ2n) is 7.54. The third-order valence-corrected chi connectivity index (χ3v) is 4.80. The molecule has 140 valence electrons. The topological polar surface area (TPSA) is 52.7 Å². The zero-order valence-electron chi connectivity index (χ0n) is 16.3. The van der Waals surface area contributed by atoms with E-state index in [9.17, 15) is 9.59 Å². The predicted molar refractivity (Wildman–Crippen MR) is 98.8 cm³/mol. The SMILES string of the molecule is CCCCCNC(=O)C1CCN(CC(=O)N(C(C)C)C(C)C)CC1. The molecule has 1 saturated heterocycles. The number of amides is 2. The van der Waals surface area contributed by atoms with Crippen LogP contribution in [0.3, 0.4) is 0 Å². The molecule has 1 rings (SSSR count). The van der Waals surface area contributed by atoms with Gasteiger partial charge in [-0.3, -0.25) is 14.5 Å². The van der Waals surface area contributed by atoms with Crippen molar-refractivity contribution in [3.63, 3.8) is 0 Å². The van der Waals surface area contributed by atoms with Gasteiger partial charge in [0.1, 0.15) is 0 Å². The average Bonchev–Trinajstić information content (AvgIpc) is 2.51. The molecular weight excluding hydrogens is 302 g/mol. The number of likely N-dealkylation sites (tertiary alicyclic amines) is 1. The van der Waals surface area contributed by atoms with Crippen LogP contribution in [-0.4, -0.2) is 59.9 Å². The van der Waals surface area contributed by atoms with Crippen molar-refractivity contribution in [2.24, 2.45) is 5.92 Å². The Labute approximate surface area is 148 Å². The lowest BCUT2D eigenvalue weighted by Crippen LogP contribution is -2.49. The maximum atomic E-state index is 12.5. The molecule has 2 amide bonds. The van der Waals surface area contributed by atoms with Gasteiger partial charge in [-0.2, -0.15) is 0 Å². The van der Waals surface area contributed by atoms with Gasteiger partial charge >= 0.3 is 0 Å². The molecule has 0 aromatic carbocycles. The van der Waals surface area contributed by atoms with E-state index in [1.165, 1.54) is 12.8 Å². The lowest BCUT2D eigenvalue weighted by Gasteiger charge is -2.35. The Morgan fingerprint density at radius 1 is 1.08 bits per heavy atom. The maximum Gasteiger partial charge on any atom is 0.237 e. The standard InChI is InChI=1S/C19H37N3O2/c1-6-7-8-11-20-19(24)17-9-12-21(13-10-17)14-18(23)22(15(2)3)16(4)5/h15-17H,6-14H2,1-5H3,(H,20,24). The van der Waals surface area contributed by atoms with Crippen molar-refractivity contribution in [1.29, 1.82) is 0 Å². The van der Waals surface area contributed by atoms with Crippen molar-refractivity contribution in [2.75, 3.05) is 26.2 Å². The van der Waals surface area contributed by atoms with Crippen LogP contribution in [0.2, 0.25) is 0 Å². The summed E-state index contributed by atoms with van der Waals surface area (Å²) in [6, 6.07) is 0.452. The van der Waals surface area contributed by atoms with Gasteiger partial charge in [-0.25, -0.2) is 0 Å². The highest BCUT2D eigenvalue weighted by molar-refractivity contribution is 5.79. The van der Waals surface area contributed by atoms with E-state index in [1.807, 2.05) is 4.90 Å². The van der Waals surface area contributed by atoms with Crippen LogP contribution >= 0.6 is 0 Å². The van der Waals surface area contributed by atoms with Gasteiger partial charge in [0.2, 0.25) is 11.8 Å². The van der Waals surface area contributed by atoms with Crippen LogP contribution < -0.4 is 5.32 Å². The summed E-state index contributed by atoms with van der Waals surface area (Å²) in [5, 5.41) is 3.06. The minimum absolute atomic E-state index is 0.115. The van der Waals surface area contributed by atoms with Crippen molar-refractivity contribution in [1.82, 2.24) is 15.1 Å². The van der Waals surface area contributed by atoms with Gasteiger partial charge in [0.05, 0.1) is 6.54 Å². The number of rotatable bonds is 9. The van der Waals surface area contributed by atoms with E-state index in [1.54, 1.807) is 0 Å². The first-order valence-electron chi connectivity index (χ1n) is 9.68. The van der Waals surface area contributed by atoms with E-state index in [0.717, 1.165) is 38.9 Å². The summed E-state index contributed by atoms with van der Waals surface area (Å²) >= 11 is 0. The molecule has 1 heterocycles. The van der Waals surface area contributed by atoms with Crippen LogP contribution in [0, 0.1) is 5.92 Å². The van der Waals surface area contributed by atoms with Crippen LogP contribution in [0.5, 0.6) is 0 Å². The van der Waals surface area contributed by atoms with Gasteiger partial charge in [-0.05, 0) is 60.0 Å². The fourth-order valence-corrected chi connectivity index (χ4v) is 3.53. The largest absolute Gasteiger partial charge is 0.356 e. The predicted octanol–water partition coefficient (Wildman–Crippen LogP) is 2.65. The molecule has 1 aliphatic rings. The lowest BCUT2D eigenvalue weighted by atomic mass is 9.96. The van der Waals surface area contributed by atoms with E-state index in [4.69, 9.17) is 0 Å². The first kappa shape index (κ1) is 20.9. The van der Waals surface area contributed by atoms with Gasteiger partial charge in [0, 0.05) is 24.5 Å². The van der Waals surface area contributed by atoms with E-state index in [2.05, 4.69) is 44.8 Å². The van der Waals surface area contributed by atoms with Crippen molar-refractivity contribution < 1.29 is 9.59 Å². The Balaban J connectivity index is 2.34. The number of hydrogen-bond acceptors (Lipinski definition) is 3. The van der Waals surface area contributed by atoms with Gasteiger partial charge in [-0.1, -0.05) is 19.8 Å². The number of nitrogens with one attached hydrogen (secondary N) is 1. The maximum absolute atomic E-state index is 12.5. The number of carbonyl (C=O) groups excluding carboxylic acids is 2. The first-order valence-corrected chi connectivity index (χ1v) is 9.68. The average molecular weight is 340 g/mol. The molecule has 24 heavy (non-hydrogen) atoms. The number of carbonyl (C=O) groups is 2. The number of unbranched alkanes of at least 4 members (excludes halogenated alkanes) is 2. The van der Waals surface area contributed by atoms with Crippen LogP contribution in [-0.2, 0) is 9.59 Å². The third-order valence-electron chi connectivity index (χ3n) is 4.80. The highest BCUT2D eigenvalue weighted by atomic mass is 16.2. The minimum atomic E-state index is 0.115. The van der Waals surface area contributed by atoms with E-state index < -0.39 is 0 Å². The van der Waals surface area contributed by atoms with Crippen LogP contribution in [0.25, 0.3) is 0 Å². The summed E-state index contributed by atoms with van der Waals surface area (Å²) < 4.78 is 0. The monoisotopic (exact) mass is 339 g/mol. The molecule has 1 aliphatic heterocycles. The molecule has 0 radical (unpaired) electrons. The molecular formula is C19H37N3O2. The highest BCUT2D eigenvalue weighted by Crippen LogP contribution is 2.18. The molecule has 0 spiro atoms. The van der Waals surface area contributed by atoms with Gasteiger partial charge in [0.15, 0.2) is 0 Å². The molecule has 1 N–H and O–H groups in total. The number of piperidine rings is 1. The molecule has 0 saturated carbocycles. The summed E-state index contributed by atoms with van der Waals surface area (Å²) in [5.41, 5.74) is 0. The fraction of sp³-hybridized carbons (Fsp3) is 0.895. The molecule has 5 heteroatoms. The third kappa shape index (κ3) is 6.80. The summed E-state index contributed by atoms with van der Waals surface area (Å²) in [6.07, 6.45) is 5.12. The normalized spacial score (nSPS) is 16.6. The first-order chi connectivity index (χ1) is 11.4. The van der Waals surface area contributed by atoms with Crippen LogP contribution in [0.1, 0.15) is 66.7 Å². The summed E-state index contributed by atoms with van der Waals surface area (Å²) in [5.74, 6) is 0.509. The molecule has 0 bridgehead atoms. The van der Waals surface area contributed by atoms with Crippen LogP contribution in [0.4, 0.5) is 0 Å². The Bertz CT molecular complexity index is 380. The second kappa shape index (κ2) is 10.7. The zero-order chi connectivity index (χ0) is 18.1. The van der Waals surface area contributed by atoms with E-state index in [0.29, 0.717) is 6.54 Å². The Kier molecular flexibility index (Phi) is 9.34.